The summed E-state index contributed by atoms with van der Waals surface area (Å²) in [5.41, 5.74) is 0. The van der Waals surface area contributed by atoms with Gasteiger partial charge in [0, 0.05) is 5.92 Å². The molecule has 0 amide bonds. The Morgan fingerprint density at radius 3 is 2.30 bits per heavy atom. The maximum absolute atomic E-state index is 12.1. The van der Waals surface area contributed by atoms with Crippen molar-refractivity contribution in [3.05, 3.63) is 24.3 Å². The molecule has 0 saturated carbocycles. The molecule has 5 nitrogen and oxygen atoms in total. The fourth-order valence-electron chi connectivity index (χ4n) is 2.23. The van der Waals surface area contributed by atoms with Gasteiger partial charge >= 0.3 is 0 Å². The van der Waals surface area contributed by atoms with Gasteiger partial charge in [-0.05, 0) is 44.0 Å². The summed E-state index contributed by atoms with van der Waals surface area (Å²) in [5.74, 6) is 0.300. The predicted molar refractivity (Wildman–Crippen MR) is 89.1 cm³/mol. The SMILES string of the molecule is CCCCC(CC)C(=O)COS(=O)(=O)c1ccc(OCC)cc1. The Hall–Kier alpha value is -1.40. The van der Waals surface area contributed by atoms with Crippen LogP contribution in [0.3, 0.4) is 0 Å². The van der Waals surface area contributed by atoms with Crippen molar-refractivity contribution in [2.75, 3.05) is 13.2 Å². The highest BCUT2D eigenvalue weighted by Crippen LogP contribution is 2.19. The van der Waals surface area contributed by atoms with Gasteiger partial charge in [0.25, 0.3) is 10.1 Å². The molecule has 0 fully saturated rings. The molecule has 1 aromatic rings. The van der Waals surface area contributed by atoms with Gasteiger partial charge in [-0.1, -0.05) is 26.7 Å². The normalized spacial score (nSPS) is 12.8. The Balaban J connectivity index is 2.65. The molecule has 0 heterocycles. The third kappa shape index (κ3) is 6.31. The topological polar surface area (TPSA) is 69.7 Å². The highest BCUT2D eigenvalue weighted by molar-refractivity contribution is 7.86. The average Bonchev–Trinajstić information content (AvgIpc) is 2.54. The quantitative estimate of drug-likeness (QED) is 0.575. The minimum absolute atomic E-state index is 0.0235. The first kappa shape index (κ1) is 19.6. The Morgan fingerprint density at radius 2 is 1.78 bits per heavy atom. The van der Waals surface area contributed by atoms with Gasteiger partial charge in [-0.2, -0.15) is 8.42 Å². The third-order valence-electron chi connectivity index (χ3n) is 3.63. The van der Waals surface area contributed by atoms with Crippen LogP contribution in [-0.2, 0) is 19.1 Å². The molecule has 0 saturated heterocycles. The lowest BCUT2D eigenvalue weighted by atomic mass is 9.95. The van der Waals surface area contributed by atoms with Crippen LogP contribution in [0.15, 0.2) is 29.2 Å². The van der Waals surface area contributed by atoms with Crippen molar-refractivity contribution < 1.29 is 22.1 Å². The molecular weight excluding hydrogens is 316 g/mol. The van der Waals surface area contributed by atoms with E-state index in [9.17, 15) is 13.2 Å². The van der Waals surface area contributed by atoms with Gasteiger partial charge in [-0.3, -0.25) is 8.98 Å². The molecule has 1 rings (SSSR count). The monoisotopic (exact) mass is 342 g/mol. The predicted octanol–water partition coefficient (Wildman–Crippen LogP) is 3.58. The van der Waals surface area contributed by atoms with Gasteiger partial charge in [0.2, 0.25) is 0 Å². The summed E-state index contributed by atoms with van der Waals surface area (Å²) in [7, 11) is -3.93. The van der Waals surface area contributed by atoms with E-state index in [0.29, 0.717) is 18.8 Å². The van der Waals surface area contributed by atoms with Crippen LogP contribution in [0.25, 0.3) is 0 Å². The maximum Gasteiger partial charge on any atom is 0.297 e. The van der Waals surface area contributed by atoms with Gasteiger partial charge in [-0.15, -0.1) is 0 Å². The summed E-state index contributed by atoms with van der Waals surface area (Å²) in [5, 5.41) is 0. The smallest absolute Gasteiger partial charge is 0.297 e. The van der Waals surface area contributed by atoms with Gasteiger partial charge in [-0.25, -0.2) is 0 Å². The molecular formula is C17H26O5S. The first-order valence-corrected chi connectivity index (χ1v) is 9.50. The highest BCUT2D eigenvalue weighted by Gasteiger charge is 2.21. The molecule has 130 valence electrons. The molecule has 6 heteroatoms. The summed E-state index contributed by atoms with van der Waals surface area (Å²) in [6.07, 6.45) is 3.44. The Kier molecular flexibility index (Phi) is 8.26. The lowest BCUT2D eigenvalue weighted by Crippen LogP contribution is -2.22. The second-order valence-electron chi connectivity index (χ2n) is 5.33. The lowest BCUT2D eigenvalue weighted by molar-refractivity contribution is -0.125. The van der Waals surface area contributed by atoms with E-state index in [0.717, 1.165) is 19.3 Å². The van der Waals surface area contributed by atoms with E-state index in [1.165, 1.54) is 12.1 Å². The second-order valence-corrected chi connectivity index (χ2v) is 6.95. The second kappa shape index (κ2) is 9.67. The number of Topliss-reactive ketones (excluding diaryl/α,β-unsaturated/α-hetero) is 1. The molecule has 0 aromatic heterocycles. The summed E-state index contributed by atoms with van der Waals surface area (Å²) in [6, 6.07) is 5.97. The molecule has 1 atom stereocenters. The lowest BCUT2D eigenvalue weighted by Gasteiger charge is -2.13. The van der Waals surface area contributed by atoms with Gasteiger partial charge in [0.15, 0.2) is 5.78 Å². The molecule has 1 aromatic carbocycles. The fraction of sp³-hybridized carbons (Fsp3) is 0.588. The van der Waals surface area contributed by atoms with Crippen molar-refractivity contribution in [2.45, 2.75) is 51.3 Å². The molecule has 0 aliphatic heterocycles. The largest absolute Gasteiger partial charge is 0.494 e. The standard InChI is InChI=1S/C17H26O5S/c1-4-7-8-14(5-2)17(18)13-22-23(19,20)16-11-9-15(10-12-16)21-6-3/h9-12,14H,4-8,13H2,1-3H3. The van der Waals surface area contributed by atoms with E-state index in [-0.39, 0.29) is 16.6 Å². The zero-order chi connectivity index (χ0) is 17.3. The number of benzene rings is 1. The van der Waals surface area contributed by atoms with Crippen LogP contribution < -0.4 is 4.74 Å². The minimum Gasteiger partial charge on any atom is -0.494 e. The Morgan fingerprint density at radius 1 is 1.13 bits per heavy atom. The average molecular weight is 342 g/mol. The Bertz CT molecular complexity index is 578. The van der Waals surface area contributed by atoms with Gasteiger partial charge in [0.05, 0.1) is 11.5 Å². The van der Waals surface area contributed by atoms with E-state index >= 15 is 0 Å². The number of unbranched alkanes of at least 4 members (excludes halogenated alkanes) is 1. The van der Waals surface area contributed by atoms with Crippen LogP contribution in [0.5, 0.6) is 5.75 Å². The van der Waals surface area contributed by atoms with Crippen LogP contribution in [0.1, 0.15) is 46.5 Å². The van der Waals surface area contributed by atoms with Crippen molar-refractivity contribution in [2.24, 2.45) is 5.92 Å². The summed E-state index contributed by atoms with van der Waals surface area (Å²) < 4.78 is 34.4. The van der Waals surface area contributed by atoms with E-state index in [4.69, 9.17) is 8.92 Å². The number of carbonyl (C=O) groups is 1. The van der Waals surface area contributed by atoms with Crippen LogP contribution in [0.2, 0.25) is 0 Å². The molecule has 0 spiro atoms. The summed E-state index contributed by atoms with van der Waals surface area (Å²) in [6.45, 7) is 5.94. The van der Waals surface area contributed by atoms with Crippen LogP contribution in [-0.4, -0.2) is 27.4 Å². The van der Waals surface area contributed by atoms with E-state index in [2.05, 4.69) is 6.92 Å². The van der Waals surface area contributed by atoms with Crippen molar-refractivity contribution in [3.8, 4) is 5.75 Å². The maximum atomic E-state index is 12.1. The molecule has 0 aliphatic rings. The molecule has 0 radical (unpaired) electrons. The number of carbonyl (C=O) groups excluding carboxylic acids is 1. The fourth-order valence-corrected chi connectivity index (χ4v) is 3.11. The zero-order valence-corrected chi connectivity index (χ0v) is 14.9. The molecule has 0 bridgehead atoms. The molecule has 1 unspecified atom stereocenters. The third-order valence-corrected chi connectivity index (χ3v) is 4.91. The number of hydrogen-bond acceptors (Lipinski definition) is 5. The molecule has 23 heavy (non-hydrogen) atoms. The number of hydrogen-bond donors (Lipinski definition) is 0. The van der Waals surface area contributed by atoms with Crippen molar-refractivity contribution in [3.63, 3.8) is 0 Å². The van der Waals surface area contributed by atoms with Crippen LogP contribution in [0, 0.1) is 5.92 Å². The molecule has 0 aliphatic carbocycles. The first-order chi connectivity index (χ1) is 10.9. The van der Waals surface area contributed by atoms with Gasteiger partial charge in [0.1, 0.15) is 12.4 Å². The van der Waals surface area contributed by atoms with E-state index < -0.39 is 16.7 Å². The zero-order valence-electron chi connectivity index (χ0n) is 14.1. The van der Waals surface area contributed by atoms with E-state index in [1.54, 1.807) is 12.1 Å². The summed E-state index contributed by atoms with van der Waals surface area (Å²) in [4.78, 5) is 12.1. The minimum atomic E-state index is -3.93. The van der Waals surface area contributed by atoms with Crippen molar-refractivity contribution in [1.82, 2.24) is 0 Å². The van der Waals surface area contributed by atoms with Gasteiger partial charge < -0.3 is 4.74 Å². The molecule has 0 N–H and O–H groups in total. The number of ketones is 1. The van der Waals surface area contributed by atoms with Crippen LogP contribution in [0.4, 0.5) is 0 Å². The highest BCUT2D eigenvalue weighted by atomic mass is 32.2. The van der Waals surface area contributed by atoms with Crippen LogP contribution >= 0.6 is 0 Å². The first-order valence-electron chi connectivity index (χ1n) is 8.09. The number of rotatable bonds is 11. The summed E-state index contributed by atoms with van der Waals surface area (Å²) >= 11 is 0. The van der Waals surface area contributed by atoms with Crippen molar-refractivity contribution in [1.29, 1.82) is 0 Å². The Labute approximate surface area is 139 Å². The van der Waals surface area contributed by atoms with Crippen molar-refractivity contribution >= 4 is 15.9 Å². The number of ether oxygens (including phenoxy) is 1. The van der Waals surface area contributed by atoms with E-state index in [1.807, 2.05) is 13.8 Å².